The number of hydrazine groups is 1. The molecule has 2 heterocycles. The van der Waals surface area contributed by atoms with E-state index in [0.29, 0.717) is 5.56 Å². The smallest absolute Gasteiger partial charge is 0.334 e. The number of methoxy groups -OCH3 is 1. The summed E-state index contributed by atoms with van der Waals surface area (Å²) in [6.45, 7) is 4.58. The quantitative estimate of drug-likeness (QED) is 0.191. The van der Waals surface area contributed by atoms with Crippen LogP contribution in [-0.2, 0) is 22.7 Å². The van der Waals surface area contributed by atoms with Crippen molar-refractivity contribution >= 4 is 23.9 Å². The van der Waals surface area contributed by atoms with Gasteiger partial charge in [0, 0.05) is 19.6 Å². The molecular formula is C38H37N5O5. The van der Waals surface area contributed by atoms with Gasteiger partial charge in [-0.05, 0) is 64.2 Å². The summed E-state index contributed by atoms with van der Waals surface area (Å²) < 4.78 is 5.41. The summed E-state index contributed by atoms with van der Waals surface area (Å²) in [6, 6.07) is 31.2. The largest absolute Gasteiger partial charge is 0.508 e. The number of piperazine rings is 1. The topological polar surface area (TPSA) is 106 Å². The van der Waals surface area contributed by atoms with E-state index in [0.717, 1.165) is 28.0 Å². The maximum atomic E-state index is 14.3. The number of hydrogen-bond acceptors (Lipinski definition) is 6. The monoisotopic (exact) mass is 643 g/mol. The van der Waals surface area contributed by atoms with Gasteiger partial charge >= 0.3 is 6.03 Å². The van der Waals surface area contributed by atoms with Crippen molar-refractivity contribution in [3.63, 3.8) is 0 Å². The lowest BCUT2D eigenvalue weighted by Crippen LogP contribution is -2.73. The fourth-order valence-corrected chi connectivity index (χ4v) is 6.06. The number of carbonyl (C=O) groups is 3. The zero-order chi connectivity index (χ0) is 33.6. The first-order chi connectivity index (χ1) is 23.3. The summed E-state index contributed by atoms with van der Waals surface area (Å²) >= 11 is 0. The number of carbonyl (C=O) groups excluding carboxylic acids is 3. The molecule has 2 N–H and O–H groups in total. The second kappa shape index (κ2) is 14.3. The lowest BCUT2D eigenvalue weighted by atomic mass is 10.0. The highest BCUT2D eigenvalue weighted by Gasteiger charge is 2.49. The van der Waals surface area contributed by atoms with Crippen LogP contribution in [0.4, 0.5) is 4.79 Å². The van der Waals surface area contributed by atoms with Crippen molar-refractivity contribution in [3.05, 3.63) is 138 Å². The summed E-state index contributed by atoms with van der Waals surface area (Å²) in [6.07, 6.45) is 2.45. The van der Waals surface area contributed by atoms with E-state index in [1.165, 1.54) is 22.0 Å². The number of nitrogens with zero attached hydrogens (tertiary/aromatic N) is 4. The maximum absolute atomic E-state index is 14.3. The molecule has 2 fully saturated rings. The van der Waals surface area contributed by atoms with Crippen LogP contribution >= 0.6 is 0 Å². The number of rotatable bonds is 9. The Balaban J connectivity index is 1.37. The molecule has 0 aliphatic carbocycles. The molecule has 4 aromatic carbocycles. The van der Waals surface area contributed by atoms with Gasteiger partial charge in [-0.15, -0.1) is 6.58 Å². The predicted octanol–water partition coefficient (Wildman–Crippen LogP) is 5.23. The van der Waals surface area contributed by atoms with Gasteiger partial charge in [-0.1, -0.05) is 78.9 Å². The second-order valence-corrected chi connectivity index (χ2v) is 11.6. The molecule has 10 heteroatoms. The number of phenols is 1. The number of aromatic hydroxyl groups is 1. The molecule has 0 radical (unpaired) electrons. The highest BCUT2D eigenvalue weighted by atomic mass is 16.5. The third-order valence-corrected chi connectivity index (χ3v) is 8.36. The fraction of sp³-hybridized carbons (Fsp3) is 0.184. The van der Waals surface area contributed by atoms with Gasteiger partial charge in [0.05, 0.1) is 20.2 Å². The van der Waals surface area contributed by atoms with Crippen molar-refractivity contribution < 1.29 is 24.2 Å². The number of benzene rings is 4. The van der Waals surface area contributed by atoms with Crippen molar-refractivity contribution in [1.29, 1.82) is 0 Å². The fourth-order valence-electron chi connectivity index (χ4n) is 6.06. The molecule has 0 aromatic heterocycles. The first-order valence-electron chi connectivity index (χ1n) is 15.7. The molecule has 0 unspecified atom stereocenters. The number of phenolic OH excluding ortho intramolecular Hbond substituents is 1. The Morgan fingerprint density at radius 1 is 0.938 bits per heavy atom. The normalized spacial score (nSPS) is 17.3. The Morgan fingerprint density at radius 3 is 2.38 bits per heavy atom. The molecule has 2 aliphatic rings. The van der Waals surface area contributed by atoms with E-state index in [1.54, 1.807) is 41.3 Å². The molecule has 2 aliphatic heterocycles. The van der Waals surface area contributed by atoms with E-state index in [2.05, 4.69) is 11.9 Å². The summed E-state index contributed by atoms with van der Waals surface area (Å²) in [5.74, 6) is 0.163. The lowest BCUT2D eigenvalue weighted by molar-refractivity contribution is -0.173. The van der Waals surface area contributed by atoms with Gasteiger partial charge in [0.25, 0.3) is 5.91 Å². The van der Waals surface area contributed by atoms with E-state index in [-0.39, 0.29) is 56.0 Å². The Labute approximate surface area is 279 Å². The van der Waals surface area contributed by atoms with Crippen molar-refractivity contribution in [2.45, 2.75) is 19.3 Å². The Bertz CT molecular complexity index is 1840. The summed E-state index contributed by atoms with van der Waals surface area (Å²) in [5.41, 5.74) is 4.51. The molecule has 4 amide bonds. The number of urea groups is 1. The molecule has 6 rings (SSSR count). The molecule has 0 saturated carbocycles. The first kappa shape index (κ1) is 32.1. The number of nitrogens with one attached hydrogen (secondary N) is 1. The number of amides is 4. The molecule has 2 saturated heterocycles. The highest BCUT2D eigenvalue weighted by Crippen LogP contribution is 2.32. The van der Waals surface area contributed by atoms with Crippen molar-refractivity contribution in [2.75, 3.05) is 26.7 Å². The minimum Gasteiger partial charge on any atom is -0.508 e. The Kier molecular flexibility index (Phi) is 9.54. The zero-order valence-electron chi connectivity index (χ0n) is 26.7. The van der Waals surface area contributed by atoms with Gasteiger partial charge in [0.1, 0.15) is 23.4 Å². The molecular weight excluding hydrogens is 606 g/mol. The molecule has 1 atom stereocenters. The van der Waals surface area contributed by atoms with Gasteiger partial charge in [-0.2, -0.15) is 0 Å². The van der Waals surface area contributed by atoms with E-state index in [9.17, 15) is 19.5 Å². The molecule has 48 heavy (non-hydrogen) atoms. The lowest BCUT2D eigenvalue weighted by Gasteiger charge is -2.53. The van der Waals surface area contributed by atoms with Crippen LogP contribution < -0.4 is 10.1 Å². The molecule has 0 spiro atoms. The highest BCUT2D eigenvalue weighted by molar-refractivity contribution is 6.03. The van der Waals surface area contributed by atoms with Crippen molar-refractivity contribution in [2.24, 2.45) is 0 Å². The van der Waals surface area contributed by atoms with Crippen LogP contribution in [0.1, 0.15) is 16.7 Å². The third-order valence-electron chi connectivity index (χ3n) is 8.36. The van der Waals surface area contributed by atoms with Gasteiger partial charge in [0.15, 0.2) is 0 Å². The summed E-state index contributed by atoms with van der Waals surface area (Å²) in [7, 11) is 1.63. The van der Waals surface area contributed by atoms with Crippen molar-refractivity contribution in [1.82, 2.24) is 25.1 Å². The minimum absolute atomic E-state index is 0.0767. The summed E-state index contributed by atoms with van der Waals surface area (Å²) in [4.78, 5) is 45.2. The summed E-state index contributed by atoms with van der Waals surface area (Å²) in [5, 5.41) is 16.0. The van der Waals surface area contributed by atoms with Crippen LogP contribution in [0.3, 0.4) is 0 Å². The van der Waals surface area contributed by atoms with Crippen LogP contribution in [0.25, 0.3) is 17.2 Å². The number of hydrogen-bond donors (Lipinski definition) is 2. The molecule has 244 valence electrons. The Hall–Kier alpha value is -5.87. The Morgan fingerprint density at radius 2 is 1.65 bits per heavy atom. The average molecular weight is 644 g/mol. The van der Waals surface area contributed by atoms with Gasteiger partial charge in [-0.25, -0.2) is 14.8 Å². The van der Waals surface area contributed by atoms with Crippen LogP contribution in [0, 0.1) is 0 Å². The first-order valence-corrected chi connectivity index (χ1v) is 15.7. The van der Waals surface area contributed by atoms with Gasteiger partial charge < -0.3 is 20.1 Å². The van der Waals surface area contributed by atoms with E-state index < -0.39 is 12.2 Å². The maximum Gasteiger partial charge on any atom is 0.334 e. The van der Waals surface area contributed by atoms with Crippen LogP contribution in [0.5, 0.6) is 11.5 Å². The van der Waals surface area contributed by atoms with Crippen LogP contribution in [-0.4, -0.2) is 75.7 Å². The van der Waals surface area contributed by atoms with E-state index in [4.69, 9.17) is 4.74 Å². The van der Waals surface area contributed by atoms with Gasteiger partial charge in [-0.3, -0.25) is 14.5 Å². The van der Waals surface area contributed by atoms with E-state index >= 15 is 0 Å². The SMILES string of the molecule is C=CCN1CC(=O)N2/C(=C/c3ccc(O)cc3)C(=O)N(Cc3cccc(-c4cccc(OC)c4)c3)C[C@@H]2N1C(=O)NCc1ccccc1. The second-order valence-electron chi connectivity index (χ2n) is 11.6. The third kappa shape index (κ3) is 6.93. The molecule has 10 nitrogen and oxygen atoms in total. The van der Waals surface area contributed by atoms with Crippen LogP contribution in [0.2, 0.25) is 0 Å². The molecule has 0 bridgehead atoms. The van der Waals surface area contributed by atoms with Crippen LogP contribution in [0.15, 0.2) is 121 Å². The predicted molar refractivity (Wildman–Crippen MR) is 183 cm³/mol. The standard InChI is InChI=1S/C38H37N5O5/c1-3-19-41-26-36(45)42-34(21-27-15-17-32(44)18-16-27)37(46)40(25-35(42)43(41)38(47)39-23-28-9-5-4-6-10-28)24-29-11-7-12-30(20-29)31-13-8-14-33(22-31)48-2/h3-18,20-22,35,44H,1,19,23-26H2,2H3,(H,39,47)/b34-21+/t35-/m0/s1. The molecule has 4 aromatic rings. The zero-order valence-corrected chi connectivity index (χ0v) is 26.7. The minimum atomic E-state index is -0.829. The number of fused-ring (bicyclic) bond motifs is 1. The van der Waals surface area contributed by atoms with E-state index in [1.807, 2.05) is 78.9 Å². The van der Waals surface area contributed by atoms with Crippen molar-refractivity contribution in [3.8, 4) is 22.6 Å². The van der Waals surface area contributed by atoms with Gasteiger partial charge in [0.2, 0.25) is 5.91 Å². The number of ether oxygens (including phenoxy) is 1. The average Bonchev–Trinajstić information content (AvgIpc) is 3.10.